The van der Waals surface area contributed by atoms with Gasteiger partial charge in [0.05, 0.1) is 6.20 Å². The zero-order valence-electron chi connectivity index (χ0n) is 7.44. The number of nitrogens with two attached hydrogens (primary N) is 1. The SMILES string of the molecule is Nc1cc(Cl)nc2c(C3CC3)cnn12. The molecule has 0 saturated heterocycles. The predicted molar refractivity (Wildman–Crippen MR) is 54.4 cm³/mol. The fourth-order valence-corrected chi connectivity index (χ4v) is 1.85. The van der Waals surface area contributed by atoms with Crippen LogP contribution in [0.3, 0.4) is 0 Å². The van der Waals surface area contributed by atoms with Crippen molar-refractivity contribution in [1.82, 2.24) is 14.6 Å². The second-order valence-electron chi connectivity index (χ2n) is 3.61. The average molecular weight is 209 g/mol. The van der Waals surface area contributed by atoms with Crippen molar-refractivity contribution < 1.29 is 0 Å². The second-order valence-corrected chi connectivity index (χ2v) is 4.00. The van der Waals surface area contributed by atoms with Gasteiger partial charge in [-0.15, -0.1) is 0 Å². The molecule has 4 nitrogen and oxygen atoms in total. The minimum Gasteiger partial charge on any atom is -0.383 e. The summed E-state index contributed by atoms with van der Waals surface area (Å²) >= 11 is 5.85. The summed E-state index contributed by atoms with van der Waals surface area (Å²) in [4.78, 5) is 4.24. The molecule has 1 saturated carbocycles. The minimum atomic E-state index is 0.428. The summed E-state index contributed by atoms with van der Waals surface area (Å²) in [6.45, 7) is 0. The van der Waals surface area contributed by atoms with Crippen LogP contribution in [0.2, 0.25) is 5.15 Å². The molecule has 0 aliphatic heterocycles. The Bertz CT molecular complexity index is 501. The summed E-state index contributed by atoms with van der Waals surface area (Å²) < 4.78 is 1.64. The van der Waals surface area contributed by atoms with Gasteiger partial charge >= 0.3 is 0 Å². The number of hydrogen-bond acceptors (Lipinski definition) is 3. The van der Waals surface area contributed by atoms with Crippen molar-refractivity contribution in [2.75, 3.05) is 5.73 Å². The maximum atomic E-state index is 5.85. The Kier molecular flexibility index (Phi) is 1.50. The third-order valence-corrected chi connectivity index (χ3v) is 2.71. The van der Waals surface area contributed by atoms with E-state index in [0.717, 1.165) is 5.65 Å². The van der Waals surface area contributed by atoms with Gasteiger partial charge in [0.15, 0.2) is 5.65 Å². The molecule has 2 N–H and O–H groups in total. The van der Waals surface area contributed by atoms with E-state index >= 15 is 0 Å². The van der Waals surface area contributed by atoms with Gasteiger partial charge in [-0.2, -0.15) is 9.61 Å². The van der Waals surface area contributed by atoms with E-state index in [-0.39, 0.29) is 0 Å². The fraction of sp³-hybridized carbons (Fsp3) is 0.333. The van der Waals surface area contributed by atoms with Crippen molar-refractivity contribution >= 4 is 23.1 Å². The van der Waals surface area contributed by atoms with Crippen molar-refractivity contribution in [3.63, 3.8) is 0 Å². The van der Waals surface area contributed by atoms with Gasteiger partial charge in [0.2, 0.25) is 0 Å². The number of anilines is 1. The van der Waals surface area contributed by atoms with Gasteiger partial charge in [-0.25, -0.2) is 4.98 Å². The van der Waals surface area contributed by atoms with E-state index in [4.69, 9.17) is 17.3 Å². The molecule has 2 heterocycles. The van der Waals surface area contributed by atoms with Gasteiger partial charge in [-0.1, -0.05) is 11.6 Å². The molecule has 2 aromatic rings. The maximum Gasteiger partial charge on any atom is 0.162 e. The first-order chi connectivity index (χ1) is 6.75. The summed E-state index contributed by atoms with van der Waals surface area (Å²) in [5.41, 5.74) is 7.74. The average Bonchev–Trinajstić information content (AvgIpc) is 2.87. The lowest BCUT2D eigenvalue weighted by atomic mass is 10.2. The smallest absolute Gasteiger partial charge is 0.162 e. The van der Waals surface area contributed by atoms with Gasteiger partial charge in [-0.3, -0.25) is 0 Å². The van der Waals surface area contributed by atoms with Crippen LogP contribution in [0.5, 0.6) is 0 Å². The number of hydrogen-bond donors (Lipinski definition) is 1. The molecule has 0 spiro atoms. The first-order valence-corrected chi connectivity index (χ1v) is 4.93. The number of fused-ring (bicyclic) bond motifs is 1. The number of nitrogen functional groups attached to an aromatic ring is 1. The molecule has 1 aliphatic carbocycles. The normalized spacial score (nSPS) is 16.4. The molecule has 0 amide bonds. The molecule has 1 fully saturated rings. The van der Waals surface area contributed by atoms with Crippen LogP contribution >= 0.6 is 11.6 Å². The lowest BCUT2D eigenvalue weighted by Crippen LogP contribution is -2.00. The number of rotatable bonds is 1. The highest BCUT2D eigenvalue weighted by atomic mass is 35.5. The topological polar surface area (TPSA) is 56.2 Å². The molecule has 0 aromatic carbocycles. The second kappa shape index (κ2) is 2.60. The van der Waals surface area contributed by atoms with Gasteiger partial charge in [0.1, 0.15) is 11.0 Å². The molecule has 0 bridgehead atoms. The van der Waals surface area contributed by atoms with Crippen LogP contribution in [0, 0.1) is 0 Å². The molecule has 1 aliphatic rings. The van der Waals surface area contributed by atoms with Crippen molar-refractivity contribution in [1.29, 1.82) is 0 Å². The Morgan fingerprint density at radius 3 is 3.00 bits per heavy atom. The summed E-state index contributed by atoms with van der Waals surface area (Å²) in [5, 5.41) is 4.62. The zero-order chi connectivity index (χ0) is 9.71. The van der Waals surface area contributed by atoms with E-state index in [1.807, 2.05) is 6.20 Å². The minimum absolute atomic E-state index is 0.428. The Morgan fingerprint density at radius 1 is 1.50 bits per heavy atom. The Labute approximate surface area is 85.7 Å². The molecular formula is C9H9ClN4. The fourth-order valence-electron chi connectivity index (χ4n) is 1.65. The Balaban J connectivity index is 2.33. The summed E-state index contributed by atoms with van der Waals surface area (Å²) in [6, 6.07) is 1.61. The van der Waals surface area contributed by atoms with E-state index in [1.165, 1.54) is 18.4 Å². The molecule has 3 rings (SSSR count). The molecule has 72 valence electrons. The summed E-state index contributed by atoms with van der Waals surface area (Å²) in [5.74, 6) is 1.14. The molecule has 2 aromatic heterocycles. The first-order valence-electron chi connectivity index (χ1n) is 4.55. The first kappa shape index (κ1) is 8.05. The number of aromatic nitrogens is 3. The van der Waals surface area contributed by atoms with Crippen molar-refractivity contribution in [2.24, 2.45) is 0 Å². The van der Waals surface area contributed by atoms with Gasteiger partial charge in [-0.05, 0) is 18.8 Å². The van der Waals surface area contributed by atoms with Crippen LogP contribution in [0.4, 0.5) is 5.82 Å². The molecule has 14 heavy (non-hydrogen) atoms. The number of nitrogens with zero attached hydrogens (tertiary/aromatic N) is 3. The Hall–Kier alpha value is -1.29. The quantitative estimate of drug-likeness (QED) is 0.728. The van der Waals surface area contributed by atoms with Crippen LogP contribution in [0.15, 0.2) is 12.3 Å². The van der Waals surface area contributed by atoms with Crippen LogP contribution < -0.4 is 5.73 Å². The van der Waals surface area contributed by atoms with Crippen molar-refractivity contribution in [3.8, 4) is 0 Å². The van der Waals surface area contributed by atoms with E-state index in [9.17, 15) is 0 Å². The molecule has 5 heteroatoms. The maximum absolute atomic E-state index is 5.85. The van der Waals surface area contributed by atoms with Crippen LogP contribution in [-0.4, -0.2) is 14.6 Å². The molecular weight excluding hydrogens is 200 g/mol. The van der Waals surface area contributed by atoms with E-state index in [2.05, 4.69) is 10.1 Å². The summed E-state index contributed by atoms with van der Waals surface area (Å²) in [7, 11) is 0. The predicted octanol–water partition coefficient (Wildman–Crippen LogP) is 1.84. The van der Waals surface area contributed by atoms with E-state index < -0.39 is 0 Å². The Morgan fingerprint density at radius 2 is 2.29 bits per heavy atom. The van der Waals surface area contributed by atoms with Gasteiger partial charge in [0, 0.05) is 11.6 Å². The standard InChI is InChI=1S/C9H9ClN4/c10-7-3-8(11)14-9(13-7)6(4-12-14)5-1-2-5/h3-5H,1-2,11H2. The van der Waals surface area contributed by atoms with Crippen molar-refractivity contribution in [3.05, 3.63) is 23.0 Å². The third kappa shape index (κ3) is 1.07. The van der Waals surface area contributed by atoms with E-state index in [0.29, 0.717) is 16.9 Å². The number of halogens is 1. The molecule has 0 unspecified atom stereocenters. The largest absolute Gasteiger partial charge is 0.383 e. The van der Waals surface area contributed by atoms with Crippen molar-refractivity contribution in [2.45, 2.75) is 18.8 Å². The van der Waals surface area contributed by atoms with Gasteiger partial charge in [0.25, 0.3) is 0 Å². The highest BCUT2D eigenvalue weighted by Crippen LogP contribution is 2.41. The lowest BCUT2D eigenvalue weighted by molar-refractivity contribution is 0.952. The molecule has 0 atom stereocenters. The zero-order valence-corrected chi connectivity index (χ0v) is 8.20. The lowest BCUT2D eigenvalue weighted by Gasteiger charge is -1.99. The molecule has 0 radical (unpaired) electrons. The van der Waals surface area contributed by atoms with Crippen LogP contribution in [0.25, 0.3) is 5.65 Å². The third-order valence-electron chi connectivity index (χ3n) is 2.51. The summed E-state index contributed by atoms with van der Waals surface area (Å²) in [6.07, 6.45) is 4.28. The highest BCUT2D eigenvalue weighted by Gasteiger charge is 2.27. The van der Waals surface area contributed by atoms with Gasteiger partial charge < -0.3 is 5.73 Å². The van der Waals surface area contributed by atoms with Crippen LogP contribution in [-0.2, 0) is 0 Å². The van der Waals surface area contributed by atoms with E-state index in [1.54, 1.807) is 10.6 Å². The monoisotopic (exact) mass is 208 g/mol. The van der Waals surface area contributed by atoms with Crippen LogP contribution in [0.1, 0.15) is 24.3 Å². The highest BCUT2D eigenvalue weighted by molar-refractivity contribution is 6.29.